The van der Waals surface area contributed by atoms with Gasteiger partial charge in [0.25, 0.3) is 0 Å². The predicted octanol–water partition coefficient (Wildman–Crippen LogP) is 2.88. The Hall–Kier alpha value is -1.34. The largest absolute Gasteiger partial charge is 0.486 e. The van der Waals surface area contributed by atoms with Crippen LogP contribution in [0.2, 0.25) is 0 Å². The number of amides is 1. The summed E-state index contributed by atoms with van der Waals surface area (Å²) in [6.45, 7) is 4.75. The van der Waals surface area contributed by atoms with Crippen LogP contribution in [-0.2, 0) is 17.8 Å². The lowest BCUT2D eigenvalue weighted by molar-refractivity contribution is -0.121. The van der Waals surface area contributed by atoms with Crippen molar-refractivity contribution in [2.24, 2.45) is 5.73 Å². The first-order valence-electron chi connectivity index (χ1n) is 7.19. The number of ether oxygens (including phenoxy) is 1. The fourth-order valence-corrected chi connectivity index (χ4v) is 2.53. The number of carbonyl (C=O) groups excluding carboxylic acids is 1. The summed E-state index contributed by atoms with van der Waals surface area (Å²) in [5.74, 6) is 0.756. The summed E-state index contributed by atoms with van der Waals surface area (Å²) in [7, 11) is 0. The van der Waals surface area contributed by atoms with Crippen molar-refractivity contribution in [3.63, 3.8) is 0 Å². The summed E-state index contributed by atoms with van der Waals surface area (Å²) in [6, 6.07) is 7.86. The Labute approximate surface area is 158 Å². The number of hydrogen-bond acceptors (Lipinski definition) is 5. The van der Waals surface area contributed by atoms with Crippen molar-refractivity contribution < 1.29 is 9.53 Å². The Morgan fingerprint density at radius 3 is 2.62 bits per heavy atom. The van der Waals surface area contributed by atoms with Crippen molar-refractivity contribution in [3.8, 4) is 5.75 Å². The molecular weight excluding hydrogens is 369 g/mol. The van der Waals surface area contributed by atoms with Gasteiger partial charge in [0.15, 0.2) is 0 Å². The highest BCUT2D eigenvalue weighted by Crippen LogP contribution is 2.16. The first-order chi connectivity index (χ1) is 10.6. The number of nitrogens with zero attached hydrogens (tertiary/aromatic N) is 1. The lowest BCUT2D eigenvalue weighted by Gasteiger charge is -2.10. The van der Waals surface area contributed by atoms with Gasteiger partial charge in [0.2, 0.25) is 5.91 Å². The quantitative estimate of drug-likeness (QED) is 0.760. The number of benzene rings is 1. The molecule has 0 spiro atoms. The predicted molar refractivity (Wildman–Crippen MR) is 102 cm³/mol. The summed E-state index contributed by atoms with van der Waals surface area (Å²) in [4.78, 5) is 16.2. The van der Waals surface area contributed by atoms with Gasteiger partial charge < -0.3 is 15.8 Å². The molecule has 0 aliphatic heterocycles. The van der Waals surface area contributed by atoms with E-state index in [4.69, 9.17) is 10.5 Å². The van der Waals surface area contributed by atoms with Gasteiger partial charge in [-0.1, -0.05) is 17.7 Å². The lowest BCUT2D eigenvalue weighted by atomic mass is 10.2. The normalized spacial score (nSPS) is 11.0. The van der Waals surface area contributed by atoms with E-state index < -0.39 is 0 Å². The third kappa shape index (κ3) is 7.49. The minimum absolute atomic E-state index is 0. The third-order valence-corrected chi connectivity index (χ3v) is 3.96. The molecule has 3 N–H and O–H groups in total. The van der Waals surface area contributed by atoms with Gasteiger partial charge in [0.05, 0.1) is 12.1 Å². The van der Waals surface area contributed by atoms with Gasteiger partial charge in [0.1, 0.15) is 17.4 Å². The van der Waals surface area contributed by atoms with Crippen molar-refractivity contribution in [1.82, 2.24) is 10.3 Å². The van der Waals surface area contributed by atoms with Crippen molar-refractivity contribution in [2.75, 3.05) is 6.54 Å². The van der Waals surface area contributed by atoms with Crippen LogP contribution in [0.1, 0.15) is 23.2 Å². The molecule has 0 fully saturated rings. The Balaban J connectivity index is 0.00000264. The third-order valence-electron chi connectivity index (χ3n) is 3.09. The van der Waals surface area contributed by atoms with Gasteiger partial charge >= 0.3 is 0 Å². The zero-order valence-electron chi connectivity index (χ0n) is 13.7. The second kappa shape index (κ2) is 11.3. The molecule has 0 unspecified atom stereocenters. The molecule has 5 nitrogen and oxygen atoms in total. The first-order valence-corrected chi connectivity index (χ1v) is 8.07. The SMILES string of the molecule is Cc1ccc(OCc2nc(CC(=O)N[C@@H](C)CN)cs2)cc1.Cl.Cl. The van der Waals surface area contributed by atoms with Crippen molar-refractivity contribution in [3.05, 3.63) is 45.9 Å². The zero-order chi connectivity index (χ0) is 15.9. The summed E-state index contributed by atoms with van der Waals surface area (Å²) in [5, 5.41) is 5.57. The number of aromatic nitrogens is 1. The Bertz CT molecular complexity index is 620. The van der Waals surface area contributed by atoms with E-state index >= 15 is 0 Å². The molecule has 134 valence electrons. The highest BCUT2D eigenvalue weighted by atomic mass is 35.5. The monoisotopic (exact) mass is 391 g/mol. The van der Waals surface area contributed by atoms with Crippen molar-refractivity contribution >= 4 is 42.1 Å². The number of aryl methyl sites for hydroxylation is 1. The Kier molecular flexibility index (Phi) is 10.6. The second-order valence-corrected chi connectivity index (χ2v) is 6.16. The highest BCUT2D eigenvalue weighted by molar-refractivity contribution is 7.09. The van der Waals surface area contributed by atoms with Crippen LogP contribution in [0.3, 0.4) is 0 Å². The van der Waals surface area contributed by atoms with Gasteiger partial charge in [0, 0.05) is 18.0 Å². The number of thiazole rings is 1. The lowest BCUT2D eigenvalue weighted by Crippen LogP contribution is -2.38. The summed E-state index contributed by atoms with van der Waals surface area (Å²) in [6.07, 6.45) is 0.269. The molecule has 2 aromatic rings. The molecule has 24 heavy (non-hydrogen) atoms. The molecule has 8 heteroatoms. The summed E-state index contributed by atoms with van der Waals surface area (Å²) < 4.78 is 5.68. The maximum absolute atomic E-state index is 11.8. The fourth-order valence-electron chi connectivity index (χ4n) is 1.83. The average molecular weight is 392 g/mol. The smallest absolute Gasteiger partial charge is 0.226 e. The molecule has 1 aromatic heterocycles. The second-order valence-electron chi connectivity index (χ2n) is 5.22. The average Bonchev–Trinajstić information content (AvgIpc) is 2.93. The molecule has 1 atom stereocenters. The van der Waals surface area contributed by atoms with Gasteiger partial charge in [-0.3, -0.25) is 4.79 Å². The number of rotatable bonds is 7. The van der Waals surface area contributed by atoms with Crippen LogP contribution in [-0.4, -0.2) is 23.5 Å². The van der Waals surface area contributed by atoms with E-state index in [2.05, 4.69) is 10.3 Å². The van der Waals surface area contributed by atoms with Crippen LogP contribution in [0.25, 0.3) is 0 Å². The van der Waals surface area contributed by atoms with E-state index in [0.717, 1.165) is 16.5 Å². The van der Waals surface area contributed by atoms with Crippen LogP contribution in [0, 0.1) is 6.92 Å². The van der Waals surface area contributed by atoms with Gasteiger partial charge in [-0.05, 0) is 26.0 Å². The van der Waals surface area contributed by atoms with Crippen LogP contribution >= 0.6 is 36.2 Å². The Morgan fingerprint density at radius 1 is 1.33 bits per heavy atom. The van der Waals surface area contributed by atoms with E-state index in [1.54, 1.807) is 0 Å². The maximum Gasteiger partial charge on any atom is 0.226 e. The Morgan fingerprint density at radius 2 is 2.00 bits per heavy atom. The van der Waals surface area contributed by atoms with Gasteiger partial charge in [-0.15, -0.1) is 36.2 Å². The molecule has 0 aliphatic carbocycles. The molecule has 0 radical (unpaired) electrons. The zero-order valence-corrected chi connectivity index (χ0v) is 16.1. The number of nitrogens with one attached hydrogen (secondary N) is 1. The summed E-state index contributed by atoms with van der Waals surface area (Å²) >= 11 is 1.50. The van der Waals surface area contributed by atoms with Gasteiger partial charge in [-0.25, -0.2) is 4.98 Å². The molecule has 2 rings (SSSR count). The van der Waals surface area contributed by atoms with E-state index in [9.17, 15) is 4.79 Å². The number of nitrogens with two attached hydrogens (primary N) is 1. The molecular formula is C16H23Cl2N3O2S. The fraction of sp³-hybridized carbons (Fsp3) is 0.375. The highest BCUT2D eigenvalue weighted by Gasteiger charge is 2.10. The molecule has 1 amide bonds. The topological polar surface area (TPSA) is 77.2 Å². The number of halogens is 2. The molecule has 0 aliphatic rings. The van der Waals surface area contributed by atoms with Crippen molar-refractivity contribution in [1.29, 1.82) is 0 Å². The van der Waals surface area contributed by atoms with Crippen LogP contribution in [0.5, 0.6) is 5.75 Å². The van der Waals surface area contributed by atoms with Crippen LogP contribution < -0.4 is 15.8 Å². The van der Waals surface area contributed by atoms with Crippen molar-refractivity contribution in [2.45, 2.75) is 32.9 Å². The van der Waals surface area contributed by atoms with Gasteiger partial charge in [-0.2, -0.15) is 0 Å². The van der Waals surface area contributed by atoms with E-state index in [1.807, 2.05) is 43.5 Å². The molecule has 0 saturated heterocycles. The minimum atomic E-state index is -0.0609. The van der Waals surface area contributed by atoms with Crippen LogP contribution in [0.4, 0.5) is 0 Å². The number of hydrogen-bond donors (Lipinski definition) is 2. The number of carbonyl (C=O) groups is 1. The summed E-state index contributed by atoms with van der Waals surface area (Å²) in [5.41, 5.74) is 7.43. The molecule has 0 bridgehead atoms. The standard InChI is InChI=1S/C16H21N3O2S.2ClH/c1-11-3-5-14(6-4-11)21-9-16-19-13(10-22-16)7-15(20)18-12(2)8-17;;/h3-6,10,12H,7-9,17H2,1-2H3,(H,18,20);2*1H/t12-;;/m0../s1. The first kappa shape index (κ1) is 22.7. The molecule has 0 saturated carbocycles. The van der Waals surface area contributed by atoms with E-state index in [0.29, 0.717) is 13.2 Å². The van der Waals surface area contributed by atoms with E-state index in [-0.39, 0.29) is 43.2 Å². The molecule has 1 heterocycles. The minimum Gasteiger partial charge on any atom is -0.486 e. The molecule has 1 aromatic carbocycles. The van der Waals surface area contributed by atoms with E-state index in [1.165, 1.54) is 16.9 Å². The van der Waals surface area contributed by atoms with Crippen LogP contribution in [0.15, 0.2) is 29.6 Å². The maximum atomic E-state index is 11.8.